The maximum absolute atomic E-state index is 13.9. The zero-order valence-electron chi connectivity index (χ0n) is 12.8. The fourth-order valence-electron chi connectivity index (χ4n) is 2.72. The molecule has 0 amide bonds. The molecule has 1 aliphatic rings. The summed E-state index contributed by atoms with van der Waals surface area (Å²) in [4.78, 5) is 8.71. The second-order valence-electron chi connectivity index (χ2n) is 5.46. The summed E-state index contributed by atoms with van der Waals surface area (Å²) in [5.74, 6) is -0.766. The first kappa shape index (κ1) is 14.4. The van der Waals surface area contributed by atoms with Crippen molar-refractivity contribution in [3.63, 3.8) is 0 Å². The van der Waals surface area contributed by atoms with Crippen molar-refractivity contribution >= 4 is 23.0 Å². The van der Waals surface area contributed by atoms with Crippen LogP contribution in [0.5, 0.6) is 5.95 Å². The van der Waals surface area contributed by atoms with Crippen molar-refractivity contribution in [3.8, 4) is 17.4 Å². The van der Waals surface area contributed by atoms with Gasteiger partial charge in [0, 0.05) is 16.8 Å². The van der Waals surface area contributed by atoms with Crippen LogP contribution in [0.4, 0.5) is 10.1 Å². The highest BCUT2D eigenvalue weighted by atomic mass is 19.1. The molecule has 4 nitrogen and oxygen atoms in total. The number of oxazole rings is 1. The Kier molecular flexibility index (Phi) is 3.27. The van der Waals surface area contributed by atoms with E-state index in [1.807, 2.05) is 31.2 Å². The molecule has 2 heterocycles. The normalized spacial score (nSPS) is 14.8. The lowest BCUT2D eigenvalue weighted by atomic mass is 10.0. The van der Waals surface area contributed by atoms with Crippen LogP contribution >= 0.6 is 0 Å². The predicted molar refractivity (Wildman–Crippen MR) is 90.6 cm³/mol. The molecule has 1 aromatic heterocycles. The Morgan fingerprint density at radius 2 is 1.75 bits per heavy atom. The van der Waals surface area contributed by atoms with E-state index >= 15 is 0 Å². The molecule has 0 spiro atoms. The second-order valence-corrected chi connectivity index (χ2v) is 5.46. The molecule has 24 heavy (non-hydrogen) atoms. The molecule has 118 valence electrons. The standard InChI is InChI=1S/C19H13FN2O2/c1-11-14(12-6-3-5-9-16(12)21-11)10-17-19(23)24-18(22-17)13-7-2-4-8-15(13)20/h2-10,23H,1H3/b14-10+. The minimum absolute atomic E-state index is 0.0401. The molecule has 0 bridgehead atoms. The monoisotopic (exact) mass is 320 g/mol. The summed E-state index contributed by atoms with van der Waals surface area (Å²) in [5, 5.41) is 10.0. The molecule has 0 saturated heterocycles. The topological polar surface area (TPSA) is 58.6 Å². The molecule has 0 radical (unpaired) electrons. The third-order valence-corrected chi connectivity index (χ3v) is 3.89. The van der Waals surface area contributed by atoms with E-state index in [4.69, 9.17) is 4.42 Å². The van der Waals surface area contributed by atoms with Gasteiger partial charge in [0.15, 0.2) is 0 Å². The summed E-state index contributed by atoms with van der Waals surface area (Å²) in [7, 11) is 0. The average Bonchev–Trinajstić information content (AvgIpc) is 3.09. The van der Waals surface area contributed by atoms with Crippen molar-refractivity contribution in [1.82, 2.24) is 4.98 Å². The van der Waals surface area contributed by atoms with Gasteiger partial charge >= 0.3 is 5.95 Å². The number of fused-ring (bicyclic) bond motifs is 1. The van der Waals surface area contributed by atoms with Crippen LogP contribution in [0, 0.1) is 5.82 Å². The largest absolute Gasteiger partial charge is 0.479 e. The Bertz CT molecular complexity index is 1000. The van der Waals surface area contributed by atoms with Crippen LogP contribution in [0.1, 0.15) is 18.2 Å². The van der Waals surface area contributed by atoms with Crippen molar-refractivity contribution in [2.45, 2.75) is 6.92 Å². The number of aliphatic imine (C=N–C) groups is 1. The molecule has 0 aliphatic carbocycles. The van der Waals surface area contributed by atoms with Crippen LogP contribution < -0.4 is 0 Å². The Morgan fingerprint density at radius 3 is 2.54 bits per heavy atom. The summed E-state index contributed by atoms with van der Waals surface area (Å²) in [6.45, 7) is 1.89. The Balaban J connectivity index is 1.80. The fourth-order valence-corrected chi connectivity index (χ4v) is 2.72. The lowest BCUT2D eigenvalue weighted by Crippen LogP contribution is -1.90. The zero-order chi connectivity index (χ0) is 16.7. The van der Waals surface area contributed by atoms with Crippen molar-refractivity contribution in [3.05, 3.63) is 65.6 Å². The summed E-state index contributed by atoms with van der Waals surface area (Å²) in [5.41, 5.74) is 3.97. The van der Waals surface area contributed by atoms with E-state index in [-0.39, 0.29) is 23.1 Å². The smallest absolute Gasteiger partial charge is 0.310 e. The number of para-hydroxylation sites is 1. The predicted octanol–water partition coefficient (Wildman–Crippen LogP) is 4.83. The number of hydrogen-bond acceptors (Lipinski definition) is 4. The van der Waals surface area contributed by atoms with Crippen LogP contribution in [0.2, 0.25) is 0 Å². The number of aromatic hydroxyl groups is 1. The Labute approximate surface area is 137 Å². The van der Waals surface area contributed by atoms with Gasteiger partial charge in [-0.25, -0.2) is 9.37 Å². The highest BCUT2D eigenvalue weighted by Crippen LogP contribution is 2.37. The molecule has 3 aromatic rings. The second kappa shape index (κ2) is 5.45. The van der Waals surface area contributed by atoms with E-state index in [1.54, 1.807) is 24.3 Å². The number of benzene rings is 2. The van der Waals surface area contributed by atoms with Crippen LogP contribution in [-0.2, 0) is 0 Å². The van der Waals surface area contributed by atoms with E-state index < -0.39 is 5.82 Å². The maximum atomic E-state index is 13.9. The van der Waals surface area contributed by atoms with Crippen LogP contribution in [0.15, 0.2) is 57.9 Å². The summed E-state index contributed by atoms with van der Waals surface area (Å²) < 4.78 is 19.1. The minimum Gasteiger partial charge on any atom is -0.479 e. The van der Waals surface area contributed by atoms with Crippen LogP contribution in [-0.4, -0.2) is 15.8 Å². The van der Waals surface area contributed by atoms with Gasteiger partial charge < -0.3 is 9.52 Å². The molecule has 0 unspecified atom stereocenters. The molecule has 1 N–H and O–H groups in total. The molecule has 4 rings (SSSR count). The first-order valence-electron chi connectivity index (χ1n) is 7.45. The highest BCUT2D eigenvalue weighted by molar-refractivity contribution is 6.31. The SMILES string of the molecule is CC1=Nc2ccccc2/C1=C/c1nc(-c2ccccc2F)oc1O. The number of hydrogen-bond donors (Lipinski definition) is 1. The van der Waals surface area contributed by atoms with Crippen molar-refractivity contribution in [2.24, 2.45) is 4.99 Å². The van der Waals surface area contributed by atoms with Gasteiger partial charge in [0.1, 0.15) is 11.5 Å². The van der Waals surface area contributed by atoms with Gasteiger partial charge in [-0.3, -0.25) is 4.99 Å². The zero-order valence-corrected chi connectivity index (χ0v) is 12.8. The minimum atomic E-state index is -0.457. The van der Waals surface area contributed by atoms with E-state index in [9.17, 15) is 9.50 Å². The molecule has 0 fully saturated rings. The van der Waals surface area contributed by atoms with Gasteiger partial charge in [0.25, 0.3) is 0 Å². The van der Waals surface area contributed by atoms with Gasteiger partial charge in [-0.05, 0) is 31.2 Å². The molecular weight excluding hydrogens is 307 g/mol. The lowest BCUT2D eigenvalue weighted by Gasteiger charge is -1.99. The third-order valence-electron chi connectivity index (χ3n) is 3.89. The van der Waals surface area contributed by atoms with E-state index in [2.05, 4.69) is 9.98 Å². The third kappa shape index (κ3) is 2.31. The van der Waals surface area contributed by atoms with Crippen LogP contribution in [0.25, 0.3) is 23.1 Å². The molecular formula is C19H13FN2O2. The molecule has 0 atom stereocenters. The number of rotatable bonds is 2. The van der Waals surface area contributed by atoms with E-state index in [0.29, 0.717) is 0 Å². The van der Waals surface area contributed by atoms with Gasteiger partial charge in [0.05, 0.1) is 11.3 Å². The number of aromatic nitrogens is 1. The Morgan fingerprint density at radius 1 is 1.04 bits per heavy atom. The van der Waals surface area contributed by atoms with Crippen molar-refractivity contribution < 1.29 is 13.9 Å². The van der Waals surface area contributed by atoms with Gasteiger partial charge in [-0.2, -0.15) is 0 Å². The van der Waals surface area contributed by atoms with E-state index in [1.165, 1.54) is 6.07 Å². The molecule has 0 saturated carbocycles. The lowest BCUT2D eigenvalue weighted by molar-refractivity contribution is 0.336. The molecule has 1 aliphatic heterocycles. The summed E-state index contributed by atoms with van der Waals surface area (Å²) in [6, 6.07) is 13.9. The van der Waals surface area contributed by atoms with Gasteiger partial charge in [-0.1, -0.05) is 30.3 Å². The summed E-state index contributed by atoms with van der Waals surface area (Å²) >= 11 is 0. The quantitative estimate of drug-likeness (QED) is 0.735. The molecule has 5 heteroatoms. The maximum Gasteiger partial charge on any atom is 0.310 e. The van der Waals surface area contributed by atoms with Crippen molar-refractivity contribution in [1.29, 1.82) is 0 Å². The average molecular weight is 320 g/mol. The first-order chi connectivity index (χ1) is 11.6. The van der Waals surface area contributed by atoms with Gasteiger partial charge in [0.2, 0.25) is 5.89 Å². The molecule has 2 aromatic carbocycles. The Hall–Kier alpha value is -3.21. The van der Waals surface area contributed by atoms with Crippen molar-refractivity contribution in [2.75, 3.05) is 0 Å². The van der Waals surface area contributed by atoms with Crippen LogP contribution in [0.3, 0.4) is 0 Å². The number of allylic oxidation sites excluding steroid dienone is 1. The first-order valence-corrected chi connectivity index (χ1v) is 7.45. The van der Waals surface area contributed by atoms with Gasteiger partial charge in [-0.15, -0.1) is 0 Å². The number of nitrogens with zero attached hydrogens (tertiary/aromatic N) is 2. The number of halogens is 1. The van der Waals surface area contributed by atoms with E-state index in [0.717, 1.165) is 22.5 Å². The highest BCUT2D eigenvalue weighted by Gasteiger charge is 2.20. The fraction of sp³-hybridized carbons (Fsp3) is 0.0526. The summed E-state index contributed by atoms with van der Waals surface area (Å²) in [6.07, 6.45) is 1.70.